The summed E-state index contributed by atoms with van der Waals surface area (Å²) in [4.78, 5) is 27.1. The number of hydrogen-bond donors (Lipinski definition) is 1. The highest BCUT2D eigenvalue weighted by Crippen LogP contribution is 2.32. The largest absolute Gasteiger partial charge is 0.342 e. The van der Waals surface area contributed by atoms with Gasteiger partial charge >= 0.3 is 0 Å². The van der Waals surface area contributed by atoms with Crippen LogP contribution in [-0.4, -0.2) is 34.8 Å². The van der Waals surface area contributed by atoms with Crippen molar-refractivity contribution in [3.8, 4) is 0 Å². The van der Waals surface area contributed by atoms with E-state index < -0.39 is 0 Å². The third-order valence-electron chi connectivity index (χ3n) is 4.67. The number of rotatable bonds is 4. The molecule has 1 N–H and O–H groups in total. The Morgan fingerprint density at radius 3 is 2.40 bits per heavy atom. The second-order valence-corrected chi connectivity index (χ2v) is 6.53. The number of hydrogen-bond acceptors (Lipinski definition) is 2. The van der Waals surface area contributed by atoms with Crippen molar-refractivity contribution < 1.29 is 9.59 Å². The quantitative estimate of drug-likeness (QED) is 0.860. The summed E-state index contributed by atoms with van der Waals surface area (Å²) >= 11 is 0. The Kier molecular flexibility index (Phi) is 5.06. The lowest BCUT2D eigenvalue weighted by atomic mass is 9.81. The Balaban J connectivity index is 2.20. The van der Waals surface area contributed by atoms with Gasteiger partial charge in [-0.3, -0.25) is 9.59 Å². The van der Waals surface area contributed by atoms with Crippen LogP contribution in [0.25, 0.3) is 0 Å². The minimum absolute atomic E-state index is 0.0728. The molecule has 0 bridgehead atoms. The normalized spacial score (nSPS) is 28.9. The number of piperazine rings is 1. The first kappa shape index (κ1) is 15.3. The fourth-order valence-corrected chi connectivity index (χ4v) is 3.71. The maximum absolute atomic E-state index is 12.7. The Hall–Kier alpha value is -1.06. The summed E-state index contributed by atoms with van der Waals surface area (Å²) in [5, 5.41) is 2.97. The fourth-order valence-electron chi connectivity index (χ4n) is 3.71. The molecule has 2 rings (SSSR count). The third kappa shape index (κ3) is 2.99. The van der Waals surface area contributed by atoms with Crippen LogP contribution in [-0.2, 0) is 9.59 Å². The molecule has 0 spiro atoms. The molecule has 114 valence electrons. The fraction of sp³-hybridized carbons (Fsp3) is 0.875. The molecule has 0 aromatic heterocycles. The maximum Gasteiger partial charge on any atom is 0.246 e. The van der Waals surface area contributed by atoms with Crippen molar-refractivity contribution in [3.05, 3.63) is 0 Å². The van der Waals surface area contributed by atoms with Crippen molar-refractivity contribution in [2.24, 2.45) is 5.92 Å². The number of carbonyl (C=O) groups is 2. The van der Waals surface area contributed by atoms with Gasteiger partial charge in [-0.1, -0.05) is 32.6 Å². The summed E-state index contributed by atoms with van der Waals surface area (Å²) in [5.41, 5.74) is 0. The third-order valence-corrected chi connectivity index (χ3v) is 4.67. The van der Waals surface area contributed by atoms with E-state index in [2.05, 4.69) is 5.32 Å². The van der Waals surface area contributed by atoms with Crippen LogP contribution in [0.3, 0.4) is 0 Å². The molecule has 0 aromatic rings. The first-order valence-electron chi connectivity index (χ1n) is 8.18. The molecule has 2 atom stereocenters. The van der Waals surface area contributed by atoms with E-state index in [0.717, 1.165) is 25.7 Å². The number of nitrogens with zero attached hydrogens (tertiary/aromatic N) is 1. The van der Waals surface area contributed by atoms with Crippen LogP contribution in [0.2, 0.25) is 0 Å². The van der Waals surface area contributed by atoms with Crippen molar-refractivity contribution in [2.75, 3.05) is 0 Å². The predicted molar refractivity (Wildman–Crippen MR) is 79.2 cm³/mol. The van der Waals surface area contributed by atoms with E-state index in [1.54, 1.807) is 0 Å². The van der Waals surface area contributed by atoms with Gasteiger partial charge in [0.2, 0.25) is 11.8 Å². The highest BCUT2D eigenvalue weighted by molar-refractivity contribution is 5.97. The highest BCUT2D eigenvalue weighted by Gasteiger charge is 2.44. The molecule has 1 aliphatic carbocycles. The SMILES string of the molecule is CCCC1NC(=O)C(C2CCCCC2)N(C(C)C)C1=O. The summed E-state index contributed by atoms with van der Waals surface area (Å²) in [5.74, 6) is 0.540. The molecule has 0 radical (unpaired) electrons. The van der Waals surface area contributed by atoms with Crippen molar-refractivity contribution in [2.45, 2.75) is 83.8 Å². The average Bonchev–Trinajstić information content (AvgIpc) is 2.43. The summed E-state index contributed by atoms with van der Waals surface area (Å²) < 4.78 is 0. The van der Waals surface area contributed by atoms with Gasteiger partial charge in [0.1, 0.15) is 12.1 Å². The maximum atomic E-state index is 12.7. The Labute approximate surface area is 122 Å². The zero-order chi connectivity index (χ0) is 14.7. The molecule has 20 heavy (non-hydrogen) atoms. The van der Waals surface area contributed by atoms with Crippen LogP contribution < -0.4 is 5.32 Å². The lowest BCUT2D eigenvalue weighted by Gasteiger charge is -2.45. The van der Waals surface area contributed by atoms with Crippen LogP contribution >= 0.6 is 0 Å². The number of amides is 2. The van der Waals surface area contributed by atoms with Crippen LogP contribution in [0.5, 0.6) is 0 Å². The molecular formula is C16H28N2O2. The molecule has 1 heterocycles. The number of nitrogens with one attached hydrogen (secondary N) is 1. The predicted octanol–water partition coefficient (Wildman–Crippen LogP) is 2.47. The van der Waals surface area contributed by atoms with E-state index in [-0.39, 0.29) is 29.9 Å². The minimum atomic E-state index is -0.310. The zero-order valence-electron chi connectivity index (χ0n) is 13.0. The summed E-state index contributed by atoms with van der Waals surface area (Å²) in [6.07, 6.45) is 7.45. The van der Waals surface area contributed by atoms with E-state index in [0.29, 0.717) is 5.92 Å². The molecule has 2 amide bonds. The molecule has 1 aliphatic heterocycles. The summed E-state index contributed by atoms with van der Waals surface area (Å²) in [6, 6.07) is -0.453. The first-order valence-corrected chi connectivity index (χ1v) is 8.18. The molecule has 2 aliphatic rings. The van der Waals surface area contributed by atoms with Gasteiger partial charge in [0.05, 0.1) is 0 Å². The van der Waals surface area contributed by atoms with Gasteiger partial charge in [-0.05, 0) is 39.0 Å². The molecule has 1 saturated carbocycles. The van der Waals surface area contributed by atoms with Crippen molar-refractivity contribution in [1.29, 1.82) is 0 Å². The van der Waals surface area contributed by atoms with E-state index in [9.17, 15) is 9.59 Å². The Morgan fingerprint density at radius 1 is 1.20 bits per heavy atom. The topological polar surface area (TPSA) is 49.4 Å². The monoisotopic (exact) mass is 280 g/mol. The van der Waals surface area contributed by atoms with E-state index in [4.69, 9.17) is 0 Å². The number of carbonyl (C=O) groups excluding carboxylic acids is 2. The van der Waals surface area contributed by atoms with Gasteiger partial charge in [0.25, 0.3) is 0 Å². The second kappa shape index (κ2) is 6.59. The van der Waals surface area contributed by atoms with Gasteiger partial charge in [-0.15, -0.1) is 0 Å². The van der Waals surface area contributed by atoms with Crippen molar-refractivity contribution >= 4 is 11.8 Å². The van der Waals surface area contributed by atoms with Crippen LogP contribution in [0.1, 0.15) is 65.7 Å². The van der Waals surface area contributed by atoms with Gasteiger partial charge in [0, 0.05) is 6.04 Å². The zero-order valence-corrected chi connectivity index (χ0v) is 13.0. The Bertz CT molecular complexity index is 361. The minimum Gasteiger partial charge on any atom is -0.342 e. The Morgan fingerprint density at radius 2 is 1.85 bits per heavy atom. The molecule has 1 saturated heterocycles. The van der Waals surface area contributed by atoms with Gasteiger partial charge in [-0.25, -0.2) is 0 Å². The molecule has 2 unspecified atom stereocenters. The van der Waals surface area contributed by atoms with Gasteiger partial charge in [0.15, 0.2) is 0 Å². The van der Waals surface area contributed by atoms with E-state index in [1.807, 2.05) is 25.7 Å². The van der Waals surface area contributed by atoms with Gasteiger partial charge in [-0.2, -0.15) is 0 Å². The van der Waals surface area contributed by atoms with Crippen LogP contribution in [0.4, 0.5) is 0 Å². The molecular weight excluding hydrogens is 252 g/mol. The average molecular weight is 280 g/mol. The van der Waals surface area contributed by atoms with E-state index >= 15 is 0 Å². The van der Waals surface area contributed by atoms with Gasteiger partial charge < -0.3 is 10.2 Å². The van der Waals surface area contributed by atoms with E-state index in [1.165, 1.54) is 19.3 Å². The molecule has 4 nitrogen and oxygen atoms in total. The van der Waals surface area contributed by atoms with Crippen LogP contribution in [0, 0.1) is 5.92 Å². The van der Waals surface area contributed by atoms with Crippen molar-refractivity contribution in [3.63, 3.8) is 0 Å². The van der Waals surface area contributed by atoms with Crippen LogP contribution in [0.15, 0.2) is 0 Å². The second-order valence-electron chi connectivity index (χ2n) is 6.53. The molecule has 0 aromatic carbocycles. The summed E-state index contributed by atoms with van der Waals surface area (Å²) in [7, 11) is 0. The smallest absolute Gasteiger partial charge is 0.246 e. The lowest BCUT2D eigenvalue weighted by Crippen LogP contribution is -2.66. The lowest BCUT2D eigenvalue weighted by molar-refractivity contribution is -0.154. The van der Waals surface area contributed by atoms with Crippen molar-refractivity contribution in [1.82, 2.24) is 10.2 Å². The summed E-state index contributed by atoms with van der Waals surface area (Å²) in [6.45, 7) is 6.09. The first-order chi connectivity index (χ1) is 9.56. The molecule has 2 fully saturated rings. The standard InChI is InChI=1S/C16H28N2O2/c1-4-8-13-16(20)18(11(2)3)14(15(19)17-13)12-9-6-5-7-10-12/h11-14H,4-10H2,1-3H3,(H,17,19). The highest BCUT2D eigenvalue weighted by atomic mass is 16.2. The molecule has 4 heteroatoms.